The molecule has 1 atom stereocenters. The molecule has 0 saturated heterocycles. The van der Waals surface area contributed by atoms with E-state index < -0.39 is 36.0 Å². The van der Waals surface area contributed by atoms with Crippen molar-refractivity contribution in [3.8, 4) is 11.1 Å². The first-order chi connectivity index (χ1) is 14.8. The molecule has 158 valence electrons. The third kappa shape index (κ3) is 3.84. The zero-order valence-electron chi connectivity index (χ0n) is 16.5. The van der Waals surface area contributed by atoms with E-state index in [9.17, 15) is 18.4 Å². The van der Waals surface area contributed by atoms with Crippen LogP contribution >= 0.6 is 11.6 Å². The van der Waals surface area contributed by atoms with Gasteiger partial charge in [-0.05, 0) is 38.1 Å². The first kappa shape index (κ1) is 20.8. The molecule has 0 unspecified atom stereocenters. The Morgan fingerprint density at radius 2 is 2.06 bits per heavy atom. The fraction of sp³-hybridized carbons (Fsp3) is 0.190. The number of aryl methyl sites for hydroxylation is 1. The van der Waals surface area contributed by atoms with E-state index >= 15 is 0 Å². The highest BCUT2D eigenvalue weighted by Crippen LogP contribution is 2.41. The number of benzene rings is 1. The highest BCUT2D eigenvalue weighted by atomic mass is 35.5. The SMILES string of the molecule is Cc1cc2c(c(F)n1)-c1cncnc1[C@H](C)C(=O)N2CC(=O)Nc1ccc(Cl)c(F)c1. The van der Waals surface area contributed by atoms with E-state index in [0.717, 1.165) is 6.07 Å². The molecule has 0 radical (unpaired) electrons. The number of aromatic nitrogens is 3. The second kappa shape index (κ2) is 7.99. The van der Waals surface area contributed by atoms with Gasteiger partial charge in [-0.25, -0.2) is 19.3 Å². The lowest BCUT2D eigenvalue weighted by Gasteiger charge is -2.24. The van der Waals surface area contributed by atoms with Crippen LogP contribution in [0.25, 0.3) is 11.1 Å². The molecule has 1 aromatic carbocycles. The minimum Gasteiger partial charge on any atom is -0.324 e. The summed E-state index contributed by atoms with van der Waals surface area (Å²) >= 11 is 5.66. The molecule has 0 saturated carbocycles. The van der Waals surface area contributed by atoms with E-state index in [1.165, 1.54) is 35.6 Å². The van der Waals surface area contributed by atoms with Crippen molar-refractivity contribution in [3.63, 3.8) is 0 Å². The van der Waals surface area contributed by atoms with Gasteiger partial charge in [-0.15, -0.1) is 0 Å². The Bertz CT molecular complexity index is 1220. The van der Waals surface area contributed by atoms with Crippen molar-refractivity contribution < 1.29 is 18.4 Å². The van der Waals surface area contributed by atoms with Crippen molar-refractivity contribution in [2.45, 2.75) is 19.8 Å². The summed E-state index contributed by atoms with van der Waals surface area (Å²) in [5.41, 5.74) is 1.42. The van der Waals surface area contributed by atoms with Crippen molar-refractivity contribution in [3.05, 3.63) is 65.0 Å². The number of anilines is 2. The van der Waals surface area contributed by atoms with Crippen molar-refractivity contribution in [2.24, 2.45) is 0 Å². The van der Waals surface area contributed by atoms with Crippen LogP contribution in [-0.2, 0) is 9.59 Å². The molecule has 1 N–H and O–H groups in total. The average molecular weight is 444 g/mol. The molecule has 2 aromatic heterocycles. The molecular formula is C21H16ClF2N5O2. The second-order valence-electron chi connectivity index (χ2n) is 7.09. The van der Waals surface area contributed by atoms with Crippen LogP contribution in [0.5, 0.6) is 0 Å². The van der Waals surface area contributed by atoms with E-state index in [4.69, 9.17) is 11.6 Å². The van der Waals surface area contributed by atoms with Gasteiger partial charge in [-0.3, -0.25) is 9.59 Å². The van der Waals surface area contributed by atoms with Gasteiger partial charge in [0.25, 0.3) is 0 Å². The summed E-state index contributed by atoms with van der Waals surface area (Å²) in [6.45, 7) is 2.78. The van der Waals surface area contributed by atoms with Crippen LogP contribution in [0.3, 0.4) is 0 Å². The van der Waals surface area contributed by atoms with Crippen molar-refractivity contribution >= 4 is 34.8 Å². The predicted molar refractivity (Wildman–Crippen MR) is 111 cm³/mol. The van der Waals surface area contributed by atoms with Gasteiger partial charge in [0, 0.05) is 23.1 Å². The summed E-state index contributed by atoms with van der Waals surface area (Å²) in [5, 5.41) is 2.44. The maximum absolute atomic E-state index is 14.9. The number of hydrogen-bond acceptors (Lipinski definition) is 5. The molecule has 1 aliphatic heterocycles. The Morgan fingerprint density at radius 1 is 1.29 bits per heavy atom. The Labute approximate surface area is 181 Å². The maximum atomic E-state index is 14.9. The van der Waals surface area contributed by atoms with Gasteiger partial charge in [0.2, 0.25) is 17.8 Å². The highest BCUT2D eigenvalue weighted by Gasteiger charge is 2.35. The molecule has 10 heteroatoms. The van der Waals surface area contributed by atoms with Gasteiger partial charge in [0.1, 0.15) is 18.7 Å². The summed E-state index contributed by atoms with van der Waals surface area (Å²) < 4.78 is 28.6. The van der Waals surface area contributed by atoms with E-state index in [0.29, 0.717) is 17.0 Å². The van der Waals surface area contributed by atoms with E-state index in [1.807, 2.05) is 0 Å². The molecule has 31 heavy (non-hydrogen) atoms. The first-order valence-electron chi connectivity index (χ1n) is 9.30. The summed E-state index contributed by atoms with van der Waals surface area (Å²) in [6, 6.07) is 5.34. The van der Waals surface area contributed by atoms with Gasteiger partial charge >= 0.3 is 0 Å². The number of fused-ring (bicyclic) bond motifs is 3. The maximum Gasteiger partial charge on any atom is 0.244 e. The minimum atomic E-state index is -0.793. The zero-order valence-corrected chi connectivity index (χ0v) is 17.2. The van der Waals surface area contributed by atoms with Crippen LogP contribution in [0.2, 0.25) is 5.02 Å². The van der Waals surface area contributed by atoms with E-state index in [2.05, 4.69) is 20.3 Å². The van der Waals surface area contributed by atoms with Crippen molar-refractivity contribution in [1.29, 1.82) is 0 Å². The monoisotopic (exact) mass is 443 g/mol. The first-order valence-corrected chi connectivity index (χ1v) is 9.67. The normalized spacial score (nSPS) is 15.2. The second-order valence-corrected chi connectivity index (χ2v) is 7.50. The lowest BCUT2D eigenvalue weighted by atomic mass is 9.99. The standard InChI is InChI=1S/C21H16ClF2N5O2/c1-10-5-16-18(20(24)27-10)13-7-25-9-26-19(13)11(2)21(31)29(16)8-17(30)28-12-3-4-14(22)15(23)6-12/h3-7,9,11H,8H2,1-2H3,(H,28,30)/t11-/m0/s1. The van der Waals surface area contributed by atoms with Crippen LogP contribution in [-0.4, -0.2) is 33.3 Å². The minimum absolute atomic E-state index is 0.0456. The molecule has 0 spiro atoms. The topological polar surface area (TPSA) is 88.1 Å². The molecule has 2 amide bonds. The molecule has 1 aliphatic rings. The smallest absolute Gasteiger partial charge is 0.244 e. The highest BCUT2D eigenvalue weighted by molar-refractivity contribution is 6.30. The number of amides is 2. The van der Waals surface area contributed by atoms with Crippen LogP contribution in [0, 0.1) is 18.7 Å². The molecule has 0 bridgehead atoms. The Balaban J connectivity index is 1.75. The molecule has 3 aromatic rings. The summed E-state index contributed by atoms with van der Waals surface area (Å²) in [6.07, 6.45) is 2.70. The predicted octanol–water partition coefficient (Wildman–Crippen LogP) is 3.87. The fourth-order valence-corrected chi connectivity index (χ4v) is 3.63. The van der Waals surface area contributed by atoms with Crippen molar-refractivity contribution in [1.82, 2.24) is 15.0 Å². The lowest BCUT2D eigenvalue weighted by molar-refractivity contribution is -0.122. The van der Waals surface area contributed by atoms with Crippen LogP contribution in [0.15, 0.2) is 36.8 Å². The number of carbonyl (C=O) groups excluding carboxylic acids is 2. The Hall–Kier alpha value is -3.46. The molecule has 4 rings (SSSR count). The van der Waals surface area contributed by atoms with E-state index in [1.54, 1.807) is 13.8 Å². The van der Waals surface area contributed by atoms with E-state index in [-0.39, 0.29) is 22.0 Å². The van der Waals surface area contributed by atoms with Gasteiger partial charge in [-0.1, -0.05) is 11.6 Å². The number of halogens is 3. The zero-order chi connectivity index (χ0) is 22.3. The molecular weight excluding hydrogens is 428 g/mol. The summed E-state index contributed by atoms with van der Waals surface area (Å²) in [4.78, 5) is 39.1. The lowest BCUT2D eigenvalue weighted by Crippen LogP contribution is -2.40. The van der Waals surface area contributed by atoms with Gasteiger partial charge < -0.3 is 10.2 Å². The average Bonchev–Trinajstić information content (AvgIpc) is 2.80. The number of hydrogen-bond donors (Lipinski definition) is 1. The summed E-state index contributed by atoms with van der Waals surface area (Å²) in [5.74, 6) is -3.28. The van der Waals surface area contributed by atoms with Crippen LogP contribution in [0.1, 0.15) is 24.2 Å². The third-order valence-electron chi connectivity index (χ3n) is 4.94. The number of pyridine rings is 1. The molecule has 0 fully saturated rings. The Kier molecular flexibility index (Phi) is 5.36. The number of rotatable bonds is 3. The fourth-order valence-electron chi connectivity index (χ4n) is 3.51. The number of carbonyl (C=O) groups is 2. The van der Waals surface area contributed by atoms with Crippen molar-refractivity contribution in [2.75, 3.05) is 16.8 Å². The van der Waals surface area contributed by atoms with Crippen LogP contribution < -0.4 is 10.2 Å². The van der Waals surface area contributed by atoms with Crippen LogP contribution in [0.4, 0.5) is 20.2 Å². The number of nitrogens with one attached hydrogen (secondary N) is 1. The largest absolute Gasteiger partial charge is 0.324 e. The van der Waals surface area contributed by atoms with Gasteiger partial charge in [0.15, 0.2) is 0 Å². The molecule has 0 aliphatic carbocycles. The number of nitrogens with zero attached hydrogens (tertiary/aromatic N) is 4. The van der Waals surface area contributed by atoms with Gasteiger partial charge in [-0.2, -0.15) is 4.39 Å². The quantitative estimate of drug-likeness (QED) is 0.621. The van der Waals surface area contributed by atoms with Gasteiger partial charge in [0.05, 0.1) is 27.9 Å². The molecule has 3 heterocycles. The molecule has 7 nitrogen and oxygen atoms in total. The summed E-state index contributed by atoms with van der Waals surface area (Å²) in [7, 11) is 0. The Morgan fingerprint density at radius 3 is 2.81 bits per heavy atom. The third-order valence-corrected chi connectivity index (χ3v) is 5.24.